The number of hydrogen-bond acceptors (Lipinski definition) is 5. The van der Waals surface area contributed by atoms with E-state index >= 15 is 0 Å². The maximum absolute atomic E-state index is 9.54. The molecule has 0 atom stereocenters. The average molecular weight is 193 g/mol. The smallest absolute Gasteiger partial charge is 0.240 e. The second-order valence-electron chi connectivity index (χ2n) is 2.66. The topological polar surface area (TPSA) is 90.8 Å². The Kier molecular flexibility index (Phi) is 1.74. The van der Waals surface area contributed by atoms with Gasteiger partial charge in [-0.3, -0.25) is 0 Å². The minimum atomic E-state index is -0.283. The molecule has 0 amide bonds. The zero-order chi connectivity index (χ0) is 10.1. The van der Waals surface area contributed by atoms with Gasteiger partial charge in [-0.15, -0.1) is 0 Å². The molecular weight excluding hydrogens is 186 g/mol. The Hall–Kier alpha value is -2.24. The molecule has 72 valence electrons. The average Bonchev–Trinajstić information content (AvgIpc) is 2.45. The molecule has 6 heteroatoms. The summed E-state index contributed by atoms with van der Waals surface area (Å²) in [6, 6.07) is 6.66. The first kappa shape index (κ1) is 8.36. The zero-order valence-electron chi connectivity index (χ0n) is 7.01. The predicted molar refractivity (Wildman–Crippen MR) is 47.0 cm³/mol. The largest absolute Gasteiger partial charge is 0.492 e. The van der Waals surface area contributed by atoms with Gasteiger partial charge < -0.3 is 10.2 Å². The van der Waals surface area contributed by atoms with Gasteiger partial charge in [-0.25, -0.2) is 4.94 Å². The molecule has 14 heavy (non-hydrogen) atoms. The maximum Gasteiger partial charge on any atom is 0.240 e. The molecule has 3 N–H and O–H groups in total. The van der Waals surface area contributed by atoms with Crippen LogP contribution in [-0.4, -0.2) is 14.9 Å². The summed E-state index contributed by atoms with van der Waals surface area (Å²) in [4.78, 5) is 4.36. The van der Waals surface area contributed by atoms with Crippen molar-refractivity contribution >= 4 is 10.8 Å². The molecule has 6 nitrogen and oxygen atoms in total. The Morgan fingerprint density at radius 3 is 2.07 bits per heavy atom. The lowest BCUT2D eigenvalue weighted by Gasteiger charge is -1.98. The van der Waals surface area contributed by atoms with Crippen LogP contribution in [0.3, 0.4) is 0 Å². The second-order valence-corrected chi connectivity index (χ2v) is 2.66. The normalized spacial score (nSPS) is 10.3. The highest BCUT2D eigenvalue weighted by Crippen LogP contribution is 2.34. The fourth-order valence-corrected chi connectivity index (χ4v) is 1.31. The molecule has 0 saturated carbocycles. The van der Waals surface area contributed by atoms with Crippen LogP contribution in [0.2, 0.25) is 0 Å². The van der Waals surface area contributed by atoms with Crippen molar-refractivity contribution in [3.63, 3.8) is 0 Å². The van der Waals surface area contributed by atoms with Gasteiger partial charge in [-0.1, -0.05) is 16.9 Å². The molecule has 0 aliphatic carbocycles. The lowest BCUT2D eigenvalue weighted by atomic mass is 10.2. The summed E-state index contributed by atoms with van der Waals surface area (Å²) in [7, 11) is 0. The molecule has 0 aliphatic rings. The fourth-order valence-electron chi connectivity index (χ4n) is 1.31. The van der Waals surface area contributed by atoms with Gasteiger partial charge in [-0.2, -0.15) is 5.53 Å². The Bertz CT molecular complexity index is 453. The summed E-state index contributed by atoms with van der Waals surface area (Å²) in [5.74, 6) is -0.566. The Labute approximate surface area is 78.4 Å². The van der Waals surface area contributed by atoms with Crippen molar-refractivity contribution < 1.29 is 15.2 Å². The lowest BCUT2D eigenvalue weighted by molar-refractivity contribution is 0.0629. The number of hydrogen-bond donors (Lipinski definition) is 3. The first-order valence-electron chi connectivity index (χ1n) is 3.81. The molecule has 0 fully saturated rings. The number of nitrogens with zero attached hydrogens (tertiary/aromatic N) is 2. The summed E-state index contributed by atoms with van der Waals surface area (Å²) in [6.07, 6.45) is 0. The quantitative estimate of drug-likeness (QED) is 0.497. The third kappa shape index (κ3) is 0.972. The van der Waals surface area contributed by atoms with Crippen LogP contribution in [-0.2, 0) is 0 Å². The van der Waals surface area contributed by atoms with Gasteiger partial charge in [0.05, 0.1) is 10.8 Å². The molecule has 1 heterocycles. The summed E-state index contributed by atoms with van der Waals surface area (Å²) >= 11 is 0. The van der Waals surface area contributed by atoms with Crippen molar-refractivity contribution in [3.8, 4) is 11.8 Å². The van der Waals surface area contributed by atoms with E-state index in [1.165, 1.54) is 0 Å². The van der Waals surface area contributed by atoms with Crippen LogP contribution >= 0.6 is 0 Å². The molecule has 0 bridgehead atoms. The summed E-state index contributed by atoms with van der Waals surface area (Å²) in [6.45, 7) is 0. The van der Waals surface area contributed by atoms with Crippen LogP contribution in [0.25, 0.3) is 10.8 Å². The third-order valence-electron chi connectivity index (χ3n) is 1.92. The van der Waals surface area contributed by atoms with E-state index in [1.54, 1.807) is 24.3 Å². The van der Waals surface area contributed by atoms with Gasteiger partial charge in [0.2, 0.25) is 11.8 Å². The number of aromatic nitrogens is 1. The second kappa shape index (κ2) is 2.91. The maximum atomic E-state index is 9.54. The van der Waals surface area contributed by atoms with Gasteiger partial charge in [0.15, 0.2) is 0 Å². The minimum absolute atomic E-state index is 0.283. The van der Waals surface area contributed by atoms with Crippen LogP contribution in [0.4, 0.5) is 0 Å². The van der Waals surface area contributed by atoms with Crippen molar-refractivity contribution in [2.75, 3.05) is 0 Å². The number of benzene rings is 1. The van der Waals surface area contributed by atoms with E-state index in [4.69, 9.17) is 5.53 Å². The van der Waals surface area contributed by atoms with Crippen molar-refractivity contribution in [1.82, 2.24) is 4.73 Å². The van der Waals surface area contributed by atoms with Gasteiger partial charge in [0.1, 0.15) is 0 Å². The van der Waals surface area contributed by atoms with Gasteiger partial charge in [-0.05, 0) is 12.1 Å². The van der Waals surface area contributed by atoms with Crippen LogP contribution in [0.5, 0.6) is 11.8 Å². The summed E-state index contributed by atoms with van der Waals surface area (Å²) < 4.78 is 0.678. The van der Waals surface area contributed by atoms with E-state index in [0.717, 1.165) is 0 Å². The van der Waals surface area contributed by atoms with Gasteiger partial charge in [0.25, 0.3) is 0 Å². The summed E-state index contributed by atoms with van der Waals surface area (Å²) in [5.41, 5.74) is 6.47. The number of nitrogens with one attached hydrogen (secondary N) is 1. The SMILES string of the molecule is N=NOn1c(O)c2ccccc2c1O. The minimum Gasteiger partial charge on any atom is -0.492 e. The van der Waals surface area contributed by atoms with E-state index in [9.17, 15) is 10.2 Å². The van der Waals surface area contributed by atoms with Crippen LogP contribution in [0.1, 0.15) is 0 Å². The van der Waals surface area contributed by atoms with E-state index < -0.39 is 0 Å². The molecule has 1 aromatic carbocycles. The first-order valence-corrected chi connectivity index (χ1v) is 3.81. The van der Waals surface area contributed by atoms with Crippen molar-refractivity contribution in [2.24, 2.45) is 5.28 Å². The molecule has 0 saturated heterocycles. The zero-order valence-corrected chi connectivity index (χ0v) is 7.01. The first-order chi connectivity index (χ1) is 6.75. The van der Waals surface area contributed by atoms with Crippen LogP contribution < -0.4 is 4.94 Å². The van der Waals surface area contributed by atoms with Crippen molar-refractivity contribution in [3.05, 3.63) is 24.3 Å². The molecule has 0 spiro atoms. The molecule has 0 unspecified atom stereocenters. The summed E-state index contributed by atoms with van der Waals surface area (Å²) in [5, 5.41) is 22.6. The van der Waals surface area contributed by atoms with E-state index in [1.807, 2.05) is 0 Å². The Morgan fingerprint density at radius 1 is 1.14 bits per heavy atom. The van der Waals surface area contributed by atoms with E-state index in [0.29, 0.717) is 15.5 Å². The molecule has 1 aromatic heterocycles. The van der Waals surface area contributed by atoms with Crippen molar-refractivity contribution in [1.29, 1.82) is 5.53 Å². The van der Waals surface area contributed by atoms with Crippen LogP contribution in [0.15, 0.2) is 29.5 Å². The van der Waals surface area contributed by atoms with E-state index in [2.05, 4.69) is 10.2 Å². The highest BCUT2D eigenvalue weighted by atomic mass is 16.8. The molecular formula is C8H7N3O3. The van der Waals surface area contributed by atoms with Crippen molar-refractivity contribution in [2.45, 2.75) is 0 Å². The standard InChI is InChI=1S/C8H7N3O3/c9-10-14-11-7(12)5-3-1-2-4-6(5)8(11)13/h1-4,9,12-13H. The Balaban J connectivity index is 2.78. The number of aromatic hydroxyl groups is 2. The lowest BCUT2D eigenvalue weighted by Crippen LogP contribution is -2.01. The monoisotopic (exact) mass is 193 g/mol. The van der Waals surface area contributed by atoms with Gasteiger partial charge in [0, 0.05) is 5.28 Å². The number of fused-ring (bicyclic) bond motifs is 1. The van der Waals surface area contributed by atoms with E-state index in [-0.39, 0.29) is 11.8 Å². The highest BCUT2D eigenvalue weighted by Gasteiger charge is 2.16. The molecule has 2 aromatic rings. The van der Waals surface area contributed by atoms with Gasteiger partial charge >= 0.3 is 0 Å². The molecule has 0 aliphatic heterocycles. The molecule has 2 rings (SSSR count). The number of rotatable bonds is 2. The highest BCUT2D eigenvalue weighted by molar-refractivity contribution is 5.92. The van der Waals surface area contributed by atoms with Crippen LogP contribution in [0, 0.1) is 5.53 Å². The molecule has 0 radical (unpaired) electrons. The fraction of sp³-hybridized carbons (Fsp3) is 0. The third-order valence-corrected chi connectivity index (χ3v) is 1.92. The predicted octanol–water partition coefficient (Wildman–Crippen LogP) is 1.43. The Morgan fingerprint density at radius 2 is 1.64 bits per heavy atom.